The standard InChI is InChI=1S/C13H23NO3/c1-5-10(15)8-11(9-6-7-9)14-12(16)17-13(2,3)4/h9,11H,5-8H2,1-4H3,(H,14,16). The van der Waals surface area contributed by atoms with E-state index in [1.165, 1.54) is 0 Å². The van der Waals surface area contributed by atoms with Crippen LogP contribution in [0.3, 0.4) is 0 Å². The van der Waals surface area contributed by atoms with Crippen LogP contribution in [0.25, 0.3) is 0 Å². The zero-order valence-electron chi connectivity index (χ0n) is 11.2. The minimum Gasteiger partial charge on any atom is -0.444 e. The van der Waals surface area contributed by atoms with Crippen LogP contribution in [0.2, 0.25) is 0 Å². The maximum atomic E-state index is 11.6. The molecule has 0 radical (unpaired) electrons. The van der Waals surface area contributed by atoms with E-state index < -0.39 is 11.7 Å². The number of hydrogen-bond acceptors (Lipinski definition) is 3. The van der Waals surface area contributed by atoms with E-state index in [0.29, 0.717) is 18.8 Å². The highest BCUT2D eigenvalue weighted by molar-refractivity contribution is 5.79. The number of alkyl carbamates (subject to hydrolysis) is 1. The summed E-state index contributed by atoms with van der Waals surface area (Å²) in [6, 6.07) is -0.0442. The Bertz CT molecular complexity index is 290. The average molecular weight is 241 g/mol. The van der Waals surface area contributed by atoms with Gasteiger partial charge in [-0.15, -0.1) is 0 Å². The highest BCUT2D eigenvalue weighted by atomic mass is 16.6. The smallest absolute Gasteiger partial charge is 0.407 e. The summed E-state index contributed by atoms with van der Waals surface area (Å²) in [7, 11) is 0. The van der Waals surface area contributed by atoms with Gasteiger partial charge in [0.1, 0.15) is 11.4 Å². The number of Topliss-reactive ketones (excluding diaryl/α,β-unsaturated/α-hetero) is 1. The van der Waals surface area contributed by atoms with E-state index in [1.54, 1.807) is 0 Å². The van der Waals surface area contributed by atoms with Crippen molar-refractivity contribution in [3.63, 3.8) is 0 Å². The van der Waals surface area contributed by atoms with Crippen molar-refractivity contribution in [2.24, 2.45) is 5.92 Å². The Morgan fingerprint density at radius 1 is 1.35 bits per heavy atom. The summed E-state index contributed by atoms with van der Waals surface area (Å²) in [6.45, 7) is 7.33. The largest absolute Gasteiger partial charge is 0.444 e. The van der Waals surface area contributed by atoms with Crippen molar-refractivity contribution in [3.8, 4) is 0 Å². The second-order valence-corrected chi connectivity index (χ2v) is 5.69. The third-order valence-corrected chi connectivity index (χ3v) is 2.74. The summed E-state index contributed by atoms with van der Waals surface area (Å²) < 4.78 is 5.20. The van der Waals surface area contributed by atoms with Gasteiger partial charge in [0, 0.05) is 18.9 Å². The van der Waals surface area contributed by atoms with Gasteiger partial charge < -0.3 is 10.1 Å². The number of carbonyl (C=O) groups excluding carboxylic acids is 2. The topological polar surface area (TPSA) is 55.4 Å². The molecule has 0 heterocycles. The first-order valence-electron chi connectivity index (χ1n) is 6.33. The van der Waals surface area contributed by atoms with Gasteiger partial charge in [0.05, 0.1) is 0 Å². The first-order chi connectivity index (χ1) is 7.81. The molecule has 1 saturated carbocycles. The van der Waals surface area contributed by atoms with Crippen LogP contribution in [-0.2, 0) is 9.53 Å². The van der Waals surface area contributed by atoms with Crippen molar-refractivity contribution in [2.45, 2.75) is 65.0 Å². The molecule has 1 fully saturated rings. The Hall–Kier alpha value is -1.06. The average Bonchev–Trinajstić information content (AvgIpc) is 2.96. The number of ether oxygens (including phenoxy) is 1. The van der Waals surface area contributed by atoms with Gasteiger partial charge in [-0.2, -0.15) is 0 Å². The molecule has 0 spiro atoms. The quantitative estimate of drug-likeness (QED) is 0.805. The first kappa shape index (κ1) is 14.0. The van der Waals surface area contributed by atoms with Crippen LogP contribution < -0.4 is 5.32 Å². The highest BCUT2D eigenvalue weighted by Crippen LogP contribution is 2.34. The molecule has 17 heavy (non-hydrogen) atoms. The van der Waals surface area contributed by atoms with Crippen LogP contribution in [0.1, 0.15) is 53.4 Å². The van der Waals surface area contributed by atoms with Crippen LogP contribution >= 0.6 is 0 Å². The molecule has 1 N–H and O–H groups in total. The summed E-state index contributed by atoms with van der Waals surface area (Å²) in [6.07, 6.45) is 2.73. The lowest BCUT2D eigenvalue weighted by molar-refractivity contribution is -0.119. The molecule has 0 aromatic heterocycles. The van der Waals surface area contributed by atoms with E-state index >= 15 is 0 Å². The molecular weight excluding hydrogens is 218 g/mol. The minimum atomic E-state index is -0.493. The number of ketones is 1. The monoisotopic (exact) mass is 241 g/mol. The zero-order valence-corrected chi connectivity index (χ0v) is 11.2. The second-order valence-electron chi connectivity index (χ2n) is 5.69. The molecule has 1 amide bonds. The Balaban J connectivity index is 2.44. The molecule has 0 aromatic rings. The van der Waals surface area contributed by atoms with E-state index in [4.69, 9.17) is 4.74 Å². The van der Waals surface area contributed by atoms with Crippen molar-refractivity contribution in [1.82, 2.24) is 5.32 Å². The van der Waals surface area contributed by atoms with E-state index in [-0.39, 0.29) is 11.8 Å². The predicted octanol–water partition coefficient (Wildman–Crippen LogP) is 2.66. The molecule has 4 nitrogen and oxygen atoms in total. The number of hydrogen-bond donors (Lipinski definition) is 1. The maximum Gasteiger partial charge on any atom is 0.407 e. The van der Waals surface area contributed by atoms with Gasteiger partial charge in [0.25, 0.3) is 0 Å². The van der Waals surface area contributed by atoms with Crippen LogP contribution in [-0.4, -0.2) is 23.5 Å². The number of nitrogens with one attached hydrogen (secondary N) is 1. The Morgan fingerprint density at radius 3 is 2.35 bits per heavy atom. The summed E-state index contributed by atoms with van der Waals surface area (Å²) in [5, 5.41) is 2.82. The SMILES string of the molecule is CCC(=O)CC(NC(=O)OC(C)(C)C)C1CC1. The van der Waals surface area contributed by atoms with E-state index in [9.17, 15) is 9.59 Å². The maximum absolute atomic E-state index is 11.6. The zero-order chi connectivity index (χ0) is 13.1. The van der Waals surface area contributed by atoms with Crippen molar-refractivity contribution < 1.29 is 14.3 Å². The van der Waals surface area contributed by atoms with Gasteiger partial charge in [-0.3, -0.25) is 4.79 Å². The van der Waals surface area contributed by atoms with Crippen LogP contribution in [0, 0.1) is 5.92 Å². The third kappa shape index (κ3) is 5.71. The molecule has 1 aliphatic carbocycles. The number of amides is 1. The van der Waals surface area contributed by atoms with Gasteiger partial charge in [0.15, 0.2) is 0 Å². The summed E-state index contributed by atoms with van der Waals surface area (Å²) >= 11 is 0. The normalized spacial score (nSPS) is 17.4. The van der Waals surface area contributed by atoms with E-state index in [1.807, 2.05) is 27.7 Å². The van der Waals surface area contributed by atoms with Gasteiger partial charge in [-0.1, -0.05) is 6.92 Å². The lowest BCUT2D eigenvalue weighted by atomic mass is 10.0. The first-order valence-corrected chi connectivity index (χ1v) is 6.33. The molecule has 1 aliphatic rings. The minimum absolute atomic E-state index is 0.0442. The Morgan fingerprint density at radius 2 is 1.94 bits per heavy atom. The van der Waals surface area contributed by atoms with Crippen LogP contribution in [0.4, 0.5) is 4.79 Å². The highest BCUT2D eigenvalue weighted by Gasteiger charge is 2.34. The van der Waals surface area contributed by atoms with Crippen LogP contribution in [0.15, 0.2) is 0 Å². The van der Waals surface area contributed by atoms with Gasteiger partial charge >= 0.3 is 6.09 Å². The van der Waals surface area contributed by atoms with Crippen molar-refractivity contribution >= 4 is 11.9 Å². The number of rotatable bonds is 5. The molecule has 0 saturated heterocycles. The molecule has 0 bridgehead atoms. The molecule has 0 aromatic carbocycles. The van der Waals surface area contributed by atoms with E-state index in [0.717, 1.165) is 12.8 Å². The fourth-order valence-electron chi connectivity index (χ4n) is 1.68. The van der Waals surface area contributed by atoms with Gasteiger partial charge in [-0.25, -0.2) is 4.79 Å². The Kier molecular flexibility index (Phi) is 4.54. The summed E-state index contributed by atoms with van der Waals surface area (Å²) in [5.41, 5.74) is -0.493. The van der Waals surface area contributed by atoms with Crippen molar-refractivity contribution in [1.29, 1.82) is 0 Å². The van der Waals surface area contributed by atoms with Crippen molar-refractivity contribution in [3.05, 3.63) is 0 Å². The van der Waals surface area contributed by atoms with Gasteiger partial charge in [0.2, 0.25) is 0 Å². The lowest BCUT2D eigenvalue weighted by Gasteiger charge is -2.23. The molecule has 4 heteroatoms. The Labute approximate surface area is 103 Å². The number of carbonyl (C=O) groups is 2. The van der Waals surface area contributed by atoms with Gasteiger partial charge in [-0.05, 0) is 39.5 Å². The molecule has 1 atom stereocenters. The molecule has 0 aliphatic heterocycles. The fraction of sp³-hybridized carbons (Fsp3) is 0.846. The second kappa shape index (κ2) is 5.52. The molecular formula is C13H23NO3. The molecule has 98 valence electrons. The summed E-state index contributed by atoms with van der Waals surface area (Å²) in [4.78, 5) is 23.1. The fourth-order valence-corrected chi connectivity index (χ4v) is 1.68. The predicted molar refractivity (Wildman–Crippen MR) is 65.8 cm³/mol. The van der Waals surface area contributed by atoms with Crippen LogP contribution in [0.5, 0.6) is 0 Å². The van der Waals surface area contributed by atoms with Crippen molar-refractivity contribution in [2.75, 3.05) is 0 Å². The molecule has 1 rings (SSSR count). The van der Waals surface area contributed by atoms with E-state index in [2.05, 4.69) is 5.32 Å². The third-order valence-electron chi connectivity index (χ3n) is 2.74. The summed E-state index contributed by atoms with van der Waals surface area (Å²) in [5.74, 6) is 0.649. The lowest BCUT2D eigenvalue weighted by Crippen LogP contribution is -2.41. The molecule has 1 unspecified atom stereocenters.